The van der Waals surface area contributed by atoms with E-state index >= 15 is 0 Å². The summed E-state index contributed by atoms with van der Waals surface area (Å²) in [4.78, 5) is 0. The zero-order valence-electron chi connectivity index (χ0n) is 14.9. The van der Waals surface area contributed by atoms with Crippen LogP contribution in [0.4, 0.5) is 0 Å². The van der Waals surface area contributed by atoms with Crippen molar-refractivity contribution < 1.29 is 26.6 Å². The molecule has 0 bridgehead atoms. The highest BCUT2D eigenvalue weighted by atomic mass is 28.4. The molecule has 0 saturated heterocycles. The first-order chi connectivity index (χ1) is 11.6. The van der Waals surface area contributed by atoms with Gasteiger partial charge in [-0.05, 0) is 10.8 Å². The summed E-state index contributed by atoms with van der Waals surface area (Å²) in [6.07, 6.45) is 0. The molecule has 8 heteroatoms. The van der Waals surface area contributed by atoms with E-state index in [1.165, 1.54) is 0 Å². The van der Waals surface area contributed by atoms with Crippen LogP contribution < -0.4 is 10.4 Å². The van der Waals surface area contributed by atoms with E-state index in [2.05, 4.69) is 0 Å². The molecule has 132 valence electrons. The van der Waals surface area contributed by atoms with Crippen molar-refractivity contribution in [3.05, 3.63) is 36.4 Å². The van der Waals surface area contributed by atoms with Crippen molar-refractivity contribution in [2.24, 2.45) is 0 Å². The van der Waals surface area contributed by atoms with Gasteiger partial charge in [-0.3, -0.25) is 0 Å². The second-order valence-corrected chi connectivity index (χ2v) is 10.8. The Morgan fingerprint density at radius 1 is 0.500 bits per heavy atom. The van der Waals surface area contributed by atoms with Crippen molar-refractivity contribution in [3.63, 3.8) is 0 Å². The van der Waals surface area contributed by atoms with E-state index in [-0.39, 0.29) is 0 Å². The molecule has 2 rings (SSSR count). The van der Waals surface area contributed by atoms with E-state index in [1.54, 1.807) is 42.7 Å². The fraction of sp³-hybridized carbons (Fsp3) is 0.375. The summed E-state index contributed by atoms with van der Waals surface area (Å²) in [5.74, 6) is 0. The lowest BCUT2D eigenvalue weighted by Gasteiger charge is -2.29. The van der Waals surface area contributed by atoms with Crippen LogP contribution in [0.3, 0.4) is 0 Å². The highest BCUT2D eigenvalue weighted by molar-refractivity contribution is 6.80. The zero-order valence-corrected chi connectivity index (χ0v) is 16.9. The van der Waals surface area contributed by atoms with Gasteiger partial charge in [0.2, 0.25) is 0 Å². The van der Waals surface area contributed by atoms with Crippen LogP contribution in [0.1, 0.15) is 0 Å². The third kappa shape index (κ3) is 2.96. The molecule has 2 aromatic rings. The van der Waals surface area contributed by atoms with Crippen LogP contribution in [0, 0.1) is 0 Å². The Balaban J connectivity index is 2.81. The summed E-state index contributed by atoms with van der Waals surface area (Å²) in [7, 11) is 3.63. The molecule has 0 aromatic heterocycles. The minimum atomic E-state index is -2.98. The molecule has 0 heterocycles. The van der Waals surface area contributed by atoms with Crippen molar-refractivity contribution in [1.82, 2.24) is 0 Å². The van der Waals surface area contributed by atoms with Crippen LogP contribution in [0.5, 0.6) is 0 Å². The molecular weight excluding hydrogens is 344 g/mol. The first-order valence-corrected chi connectivity index (χ1v) is 10.9. The van der Waals surface area contributed by atoms with E-state index in [1.807, 2.05) is 36.4 Å². The Morgan fingerprint density at radius 3 is 1.04 bits per heavy atom. The van der Waals surface area contributed by atoms with Gasteiger partial charge in [0.25, 0.3) is 0 Å². The zero-order chi connectivity index (χ0) is 17.8. The van der Waals surface area contributed by atoms with Gasteiger partial charge in [0, 0.05) is 53.0 Å². The second-order valence-electron chi connectivity index (χ2n) is 5.04. The maximum absolute atomic E-state index is 5.65. The Kier molecular flexibility index (Phi) is 6.29. The molecule has 0 N–H and O–H groups in total. The summed E-state index contributed by atoms with van der Waals surface area (Å²) in [5, 5.41) is 3.71. The Labute approximate surface area is 144 Å². The van der Waals surface area contributed by atoms with Gasteiger partial charge in [-0.15, -0.1) is 0 Å². The van der Waals surface area contributed by atoms with Crippen LogP contribution in [-0.4, -0.2) is 60.3 Å². The highest BCUT2D eigenvalue weighted by Crippen LogP contribution is 2.20. The average molecular weight is 369 g/mol. The molecule has 0 aliphatic carbocycles. The lowest BCUT2D eigenvalue weighted by atomic mass is 10.1. The fourth-order valence-corrected chi connectivity index (χ4v) is 6.98. The fourth-order valence-electron chi connectivity index (χ4n) is 2.99. The lowest BCUT2D eigenvalue weighted by Crippen LogP contribution is -2.58. The highest BCUT2D eigenvalue weighted by Gasteiger charge is 2.46. The summed E-state index contributed by atoms with van der Waals surface area (Å²) in [5.41, 5.74) is 0. The van der Waals surface area contributed by atoms with E-state index < -0.39 is 17.6 Å². The van der Waals surface area contributed by atoms with Crippen molar-refractivity contribution in [1.29, 1.82) is 0 Å². The largest absolute Gasteiger partial charge is 0.537 e. The molecule has 2 aromatic carbocycles. The normalized spacial score (nSPS) is 12.8. The van der Waals surface area contributed by atoms with E-state index in [0.717, 1.165) is 21.1 Å². The SMILES string of the molecule is CO[Si](OC)(OC)c1ccc([Si](OC)(OC)OC)c2ccccc12. The predicted molar refractivity (Wildman–Crippen MR) is 96.8 cm³/mol. The molecule has 0 atom stereocenters. The Bertz CT molecular complexity index is 610. The molecule has 0 unspecified atom stereocenters. The van der Waals surface area contributed by atoms with Crippen LogP contribution in [0.15, 0.2) is 36.4 Å². The van der Waals surface area contributed by atoms with Crippen LogP contribution >= 0.6 is 0 Å². The molecule has 6 nitrogen and oxygen atoms in total. The summed E-state index contributed by atoms with van der Waals surface area (Å²) >= 11 is 0. The number of rotatable bonds is 8. The number of hydrogen-bond acceptors (Lipinski definition) is 6. The van der Waals surface area contributed by atoms with Crippen molar-refractivity contribution in [2.45, 2.75) is 0 Å². The molecular formula is C16H24O6Si2. The quantitative estimate of drug-likeness (QED) is 0.648. The van der Waals surface area contributed by atoms with Gasteiger partial charge < -0.3 is 26.6 Å². The topological polar surface area (TPSA) is 55.4 Å². The lowest BCUT2D eigenvalue weighted by molar-refractivity contribution is 0.139. The first-order valence-electron chi connectivity index (χ1n) is 7.41. The van der Waals surface area contributed by atoms with Gasteiger partial charge in [-0.2, -0.15) is 0 Å². The number of hydrogen-bond donors (Lipinski definition) is 0. The van der Waals surface area contributed by atoms with Gasteiger partial charge in [0.05, 0.1) is 0 Å². The number of benzene rings is 2. The van der Waals surface area contributed by atoms with Crippen LogP contribution in [-0.2, 0) is 26.6 Å². The minimum Gasteiger partial charge on any atom is -0.373 e. The van der Waals surface area contributed by atoms with Gasteiger partial charge >= 0.3 is 17.6 Å². The molecule has 24 heavy (non-hydrogen) atoms. The van der Waals surface area contributed by atoms with Crippen LogP contribution in [0.25, 0.3) is 10.8 Å². The molecule has 0 fully saturated rings. The monoisotopic (exact) mass is 368 g/mol. The maximum atomic E-state index is 5.65. The molecule has 0 aliphatic heterocycles. The molecule has 0 radical (unpaired) electrons. The van der Waals surface area contributed by atoms with Crippen molar-refractivity contribution >= 4 is 38.8 Å². The van der Waals surface area contributed by atoms with E-state index in [0.29, 0.717) is 0 Å². The molecule has 0 saturated carbocycles. The third-order valence-corrected chi connectivity index (χ3v) is 9.61. The predicted octanol–water partition coefficient (Wildman–Crippen LogP) is 1.01. The summed E-state index contributed by atoms with van der Waals surface area (Å²) in [6.45, 7) is 0. The molecule has 0 spiro atoms. The van der Waals surface area contributed by atoms with E-state index in [4.69, 9.17) is 26.6 Å². The van der Waals surface area contributed by atoms with Gasteiger partial charge in [0.15, 0.2) is 0 Å². The maximum Gasteiger partial charge on any atom is 0.537 e. The van der Waals surface area contributed by atoms with Gasteiger partial charge in [-0.25, -0.2) is 0 Å². The number of fused-ring (bicyclic) bond motifs is 1. The van der Waals surface area contributed by atoms with Crippen LogP contribution in [0.2, 0.25) is 0 Å². The smallest absolute Gasteiger partial charge is 0.373 e. The Hall–Kier alpha value is -1.11. The van der Waals surface area contributed by atoms with E-state index in [9.17, 15) is 0 Å². The standard InChI is InChI=1S/C16H24O6Si2/c1-17-23(18-2,19-3)15-11-12-16(24(20-4,21-5)22-6)14-10-8-7-9-13(14)15/h7-12H,1-6H3. The third-order valence-electron chi connectivity index (χ3n) is 4.20. The van der Waals surface area contributed by atoms with Gasteiger partial charge in [-0.1, -0.05) is 36.4 Å². The van der Waals surface area contributed by atoms with Gasteiger partial charge in [0.1, 0.15) is 0 Å². The molecule has 0 aliphatic rings. The minimum absolute atomic E-state index is 0.889. The molecule has 0 amide bonds. The second kappa shape index (κ2) is 7.85. The Morgan fingerprint density at radius 2 is 0.792 bits per heavy atom. The van der Waals surface area contributed by atoms with Crippen molar-refractivity contribution in [2.75, 3.05) is 42.7 Å². The van der Waals surface area contributed by atoms with Crippen molar-refractivity contribution in [3.8, 4) is 0 Å². The summed E-state index contributed by atoms with van der Waals surface area (Å²) < 4.78 is 33.9. The summed E-state index contributed by atoms with van der Waals surface area (Å²) in [6, 6.07) is 11.8. The first kappa shape index (κ1) is 19.2. The average Bonchev–Trinajstić information content (AvgIpc) is 2.66.